The largest absolute Gasteiger partial charge is 0.484 e. The number of halogens is 3. The summed E-state index contributed by atoms with van der Waals surface area (Å²) in [7, 11) is 1.99. The minimum Gasteiger partial charge on any atom is -0.484 e. The molecule has 168 valence electrons. The predicted molar refractivity (Wildman–Crippen MR) is 113 cm³/mol. The molecule has 2 aromatic carbocycles. The molecule has 0 saturated carbocycles. The summed E-state index contributed by atoms with van der Waals surface area (Å²) >= 11 is 0. The third-order valence-corrected chi connectivity index (χ3v) is 4.74. The normalized spacial score (nSPS) is 12.0. The van der Waals surface area contributed by atoms with Crippen LogP contribution in [-0.2, 0) is 12.8 Å². The summed E-state index contributed by atoms with van der Waals surface area (Å²) in [5.41, 5.74) is 1.68. The lowest BCUT2D eigenvalue weighted by atomic mass is 10.2. The Bertz CT molecular complexity index is 1200. The second-order valence-electron chi connectivity index (χ2n) is 7.89. The van der Waals surface area contributed by atoms with Crippen LogP contribution in [0.15, 0.2) is 47.0 Å². The number of imidazole rings is 1. The Balaban J connectivity index is 1.44. The summed E-state index contributed by atoms with van der Waals surface area (Å²) in [6.07, 6.45) is -4.39. The molecule has 0 aliphatic heterocycles. The van der Waals surface area contributed by atoms with E-state index in [1.165, 1.54) is 12.1 Å². The van der Waals surface area contributed by atoms with Crippen LogP contribution in [0.4, 0.5) is 19.1 Å². The number of H-pyrrole nitrogens is 1. The maximum absolute atomic E-state index is 12.6. The topological polar surface area (TPSA) is 80.1 Å². The highest BCUT2D eigenvalue weighted by Gasteiger charge is 2.30. The number of benzene rings is 2. The van der Waals surface area contributed by atoms with E-state index in [4.69, 9.17) is 9.26 Å². The van der Waals surface area contributed by atoms with Crippen LogP contribution in [-0.4, -0.2) is 33.7 Å². The fraction of sp³-hybridized carbons (Fsp3) is 0.318. The fourth-order valence-corrected chi connectivity index (χ4v) is 3.27. The molecule has 0 aliphatic rings. The van der Waals surface area contributed by atoms with Gasteiger partial charge in [-0.2, -0.15) is 18.2 Å². The number of alkyl halides is 3. The standard InChI is InChI=1S/C22H22F3N5O2/c1-13(2)11-30(3)21-26-17-9-4-14(10-18(17)27-21)20-28-19(32-29-20)12-31-16-7-5-15(6-8-16)22(23,24)25/h4-10,13H,11-12H2,1-3H3,(H,26,27). The highest BCUT2D eigenvalue weighted by molar-refractivity contribution is 5.82. The van der Waals surface area contributed by atoms with Crippen molar-refractivity contribution in [2.75, 3.05) is 18.5 Å². The second kappa shape index (κ2) is 8.52. The quantitative estimate of drug-likeness (QED) is 0.416. The summed E-state index contributed by atoms with van der Waals surface area (Å²) in [5.74, 6) is 2.15. The summed E-state index contributed by atoms with van der Waals surface area (Å²) in [6, 6.07) is 10.0. The first kappa shape index (κ1) is 21.7. The molecular weight excluding hydrogens is 423 g/mol. The number of hydrogen-bond acceptors (Lipinski definition) is 6. The van der Waals surface area contributed by atoms with Crippen molar-refractivity contribution in [3.8, 4) is 17.1 Å². The van der Waals surface area contributed by atoms with Gasteiger partial charge in [-0.15, -0.1) is 0 Å². The van der Waals surface area contributed by atoms with Crippen LogP contribution < -0.4 is 9.64 Å². The second-order valence-corrected chi connectivity index (χ2v) is 7.89. The molecule has 2 heterocycles. The first-order chi connectivity index (χ1) is 15.2. The fourth-order valence-electron chi connectivity index (χ4n) is 3.27. The monoisotopic (exact) mass is 445 g/mol. The van der Waals surface area contributed by atoms with Crippen molar-refractivity contribution >= 4 is 17.0 Å². The average molecular weight is 445 g/mol. The van der Waals surface area contributed by atoms with Gasteiger partial charge < -0.3 is 19.1 Å². The van der Waals surface area contributed by atoms with Crippen molar-refractivity contribution in [1.82, 2.24) is 20.1 Å². The van der Waals surface area contributed by atoms with E-state index in [1.807, 2.05) is 25.2 Å². The van der Waals surface area contributed by atoms with Crippen molar-refractivity contribution < 1.29 is 22.4 Å². The highest BCUT2D eigenvalue weighted by atomic mass is 19.4. The van der Waals surface area contributed by atoms with Crippen molar-refractivity contribution in [3.05, 3.63) is 53.9 Å². The van der Waals surface area contributed by atoms with Gasteiger partial charge in [0.2, 0.25) is 11.8 Å². The molecular formula is C22H22F3N5O2. The molecule has 4 aromatic rings. The zero-order valence-electron chi connectivity index (χ0n) is 17.8. The number of ether oxygens (including phenoxy) is 1. The van der Waals surface area contributed by atoms with E-state index in [9.17, 15) is 13.2 Å². The molecule has 0 atom stereocenters. The molecule has 0 saturated heterocycles. The Morgan fingerprint density at radius 1 is 1.09 bits per heavy atom. The van der Waals surface area contributed by atoms with Gasteiger partial charge in [0.05, 0.1) is 16.6 Å². The van der Waals surface area contributed by atoms with Crippen LogP contribution in [0.1, 0.15) is 25.3 Å². The van der Waals surface area contributed by atoms with Crippen LogP contribution in [0.5, 0.6) is 5.75 Å². The molecule has 0 amide bonds. The lowest BCUT2D eigenvalue weighted by molar-refractivity contribution is -0.137. The Hall–Kier alpha value is -3.56. The van der Waals surface area contributed by atoms with E-state index in [2.05, 4.69) is 38.9 Å². The number of rotatable bonds is 7. The molecule has 0 bridgehead atoms. The van der Waals surface area contributed by atoms with Crippen LogP contribution in [0.25, 0.3) is 22.4 Å². The van der Waals surface area contributed by atoms with E-state index in [1.54, 1.807) is 0 Å². The molecule has 0 unspecified atom stereocenters. The first-order valence-electron chi connectivity index (χ1n) is 10.0. The van der Waals surface area contributed by atoms with Gasteiger partial charge in [-0.25, -0.2) is 4.98 Å². The van der Waals surface area contributed by atoms with Crippen molar-refractivity contribution in [2.24, 2.45) is 5.92 Å². The van der Waals surface area contributed by atoms with Gasteiger partial charge in [0.25, 0.3) is 5.89 Å². The number of nitrogens with zero attached hydrogens (tertiary/aromatic N) is 4. The Morgan fingerprint density at radius 3 is 2.53 bits per heavy atom. The van der Waals surface area contributed by atoms with E-state index in [0.29, 0.717) is 11.7 Å². The number of fused-ring (bicyclic) bond motifs is 1. The molecule has 1 N–H and O–H groups in total. The maximum atomic E-state index is 12.6. The molecule has 10 heteroatoms. The van der Waals surface area contributed by atoms with Crippen molar-refractivity contribution in [3.63, 3.8) is 0 Å². The van der Waals surface area contributed by atoms with Gasteiger partial charge in [-0.3, -0.25) is 0 Å². The van der Waals surface area contributed by atoms with E-state index < -0.39 is 11.7 Å². The van der Waals surface area contributed by atoms with E-state index in [0.717, 1.165) is 41.2 Å². The molecule has 0 fully saturated rings. The molecule has 2 aromatic heterocycles. The molecule has 0 radical (unpaired) electrons. The zero-order valence-corrected chi connectivity index (χ0v) is 17.8. The van der Waals surface area contributed by atoms with Gasteiger partial charge in [0.15, 0.2) is 6.61 Å². The zero-order chi connectivity index (χ0) is 22.9. The number of aromatic amines is 1. The summed E-state index contributed by atoms with van der Waals surface area (Å²) < 4.78 is 48.6. The Morgan fingerprint density at radius 2 is 1.84 bits per heavy atom. The van der Waals surface area contributed by atoms with Gasteiger partial charge in [-0.1, -0.05) is 19.0 Å². The smallest absolute Gasteiger partial charge is 0.416 e. The minimum absolute atomic E-state index is 0.0607. The van der Waals surface area contributed by atoms with Gasteiger partial charge >= 0.3 is 6.18 Å². The SMILES string of the molecule is CC(C)CN(C)c1nc2ccc(-c3noc(COc4ccc(C(F)(F)F)cc4)n3)cc2[nH]1. The van der Waals surface area contributed by atoms with Crippen molar-refractivity contribution in [1.29, 1.82) is 0 Å². The van der Waals surface area contributed by atoms with E-state index >= 15 is 0 Å². The predicted octanol–water partition coefficient (Wildman–Crippen LogP) is 5.30. The molecule has 32 heavy (non-hydrogen) atoms. The van der Waals surface area contributed by atoms with Crippen LogP contribution in [0.3, 0.4) is 0 Å². The lowest BCUT2D eigenvalue weighted by Crippen LogP contribution is -2.23. The van der Waals surface area contributed by atoms with Crippen LogP contribution in [0, 0.1) is 5.92 Å². The molecule has 0 spiro atoms. The molecule has 0 aliphatic carbocycles. The summed E-state index contributed by atoms with van der Waals surface area (Å²) in [5, 5.41) is 3.97. The number of aromatic nitrogens is 4. The third-order valence-electron chi connectivity index (χ3n) is 4.74. The Labute approximate surface area is 182 Å². The number of anilines is 1. The van der Waals surface area contributed by atoms with Gasteiger partial charge in [-0.05, 0) is 48.4 Å². The Kier molecular flexibility index (Phi) is 5.77. The highest BCUT2D eigenvalue weighted by Crippen LogP contribution is 2.30. The summed E-state index contributed by atoms with van der Waals surface area (Å²) in [4.78, 5) is 14.3. The van der Waals surface area contributed by atoms with Gasteiger partial charge in [0.1, 0.15) is 5.75 Å². The maximum Gasteiger partial charge on any atom is 0.416 e. The average Bonchev–Trinajstić information content (AvgIpc) is 3.38. The van der Waals surface area contributed by atoms with Crippen LogP contribution >= 0.6 is 0 Å². The molecule has 7 nitrogen and oxygen atoms in total. The van der Waals surface area contributed by atoms with E-state index in [-0.39, 0.29) is 18.2 Å². The van der Waals surface area contributed by atoms with Gasteiger partial charge in [0, 0.05) is 19.2 Å². The summed E-state index contributed by atoms with van der Waals surface area (Å²) in [6.45, 7) is 5.10. The third kappa shape index (κ3) is 4.84. The van der Waals surface area contributed by atoms with Crippen LogP contribution in [0.2, 0.25) is 0 Å². The molecule has 4 rings (SSSR count). The minimum atomic E-state index is -4.39. The first-order valence-corrected chi connectivity index (χ1v) is 10.0. The van der Waals surface area contributed by atoms with Crippen molar-refractivity contribution in [2.45, 2.75) is 26.6 Å². The number of hydrogen-bond donors (Lipinski definition) is 1. The lowest BCUT2D eigenvalue weighted by Gasteiger charge is -2.17. The number of nitrogens with one attached hydrogen (secondary N) is 1.